The summed E-state index contributed by atoms with van der Waals surface area (Å²) in [4.78, 5) is 6.18. The van der Waals surface area contributed by atoms with E-state index in [0.717, 1.165) is 25.9 Å². The molecule has 0 bridgehead atoms. The van der Waals surface area contributed by atoms with E-state index in [1.807, 2.05) is 11.3 Å². The van der Waals surface area contributed by atoms with Gasteiger partial charge in [0.05, 0.1) is 10.7 Å². The summed E-state index contributed by atoms with van der Waals surface area (Å²) in [6.45, 7) is 4.21. The molecule has 0 atom stereocenters. The average molecular weight is 244 g/mol. The first-order valence-corrected chi connectivity index (χ1v) is 6.86. The normalized spacial score (nSPS) is 14.6. The van der Waals surface area contributed by atoms with Crippen LogP contribution in [0.1, 0.15) is 26.7 Å². The minimum Gasteiger partial charge on any atom is -0.311 e. The molecule has 1 aromatic carbocycles. The first-order valence-electron chi connectivity index (χ1n) is 6.05. The SMILES string of the molecule is Cc1cccc(Cc2nc3c(s2)CNCC3)c1. The van der Waals surface area contributed by atoms with Gasteiger partial charge in [0.25, 0.3) is 0 Å². The zero-order valence-corrected chi connectivity index (χ0v) is 10.8. The number of nitrogens with one attached hydrogen (secondary N) is 1. The lowest BCUT2D eigenvalue weighted by atomic mass is 10.1. The summed E-state index contributed by atoms with van der Waals surface area (Å²) in [5.41, 5.74) is 4.01. The number of nitrogens with zero attached hydrogens (tertiary/aromatic N) is 1. The van der Waals surface area contributed by atoms with E-state index in [1.54, 1.807) is 0 Å². The maximum absolute atomic E-state index is 4.75. The number of hydrogen-bond donors (Lipinski definition) is 1. The van der Waals surface area contributed by atoms with Crippen molar-refractivity contribution in [2.75, 3.05) is 6.54 Å². The van der Waals surface area contributed by atoms with Gasteiger partial charge < -0.3 is 5.32 Å². The summed E-state index contributed by atoms with van der Waals surface area (Å²) in [5.74, 6) is 0. The summed E-state index contributed by atoms with van der Waals surface area (Å²) < 4.78 is 0. The van der Waals surface area contributed by atoms with E-state index in [9.17, 15) is 0 Å². The number of fused-ring (bicyclic) bond motifs is 1. The third-order valence-corrected chi connectivity index (χ3v) is 4.18. The fraction of sp³-hybridized carbons (Fsp3) is 0.357. The van der Waals surface area contributed by atoms with E-state index in [4.69, 9.17) is 4.98 Å². The molecule has 0 spiro atoms. The highest BCUT2D eigenvalue weighted by molar-refractivity contribution is 7.11. The van der Waals surface area contributed by atoms with E-state index in [0.29, 0.717) is 0 Å². The number of aromatic nitrogens is 1. The van der Waals surface area contributed by atoms with Crippen LogP contribution < -0.4 is 5.32 Å². The second-order valence-electron chi connectivity index (χ2n) is 4.57. The molecule has 0 unspecified atom stereocenters. The van der Waals surface area contributed by atoms with E-state index in [-0.39, 0.29) is 0 Å². The smallest absolute Gasteiger partial charge is 0.0975 e. The molecule has 0 saturated heterocycles. The molecule has 3 rings (SSSR count). The molecule has 2 heterocycles. The second kappa shape index (κ2) is 4.59. The number of hydrogen-bond acceptors (Lipinski definition) is 3. The van der Waals surface area contributed by atoms with E-state index in [2.05, 4.69) is 36.5 Å². The molecule has 17 heavy (non-hydrogen) atoms. The fourth-order valence-electron chi connectivity index (χ4n) is 2.25. The van der Waals surface area contributed by atoms with Crippen LogP contribution in [0, 0.1) is 6.92 Å². The highest BCUT2D eigenvalue weighted by Crippen LogP contribution is 2.23. The Morgan fingerprint density at radius 2 is 2.35 bits per heavy atom. The molecule has 2 nitrogen and oxygen atoms in total. The van der Waals surface area contributed by atoms with Crippen LogP contribution in [0.25, 0.3) is 0 Å². The molecule has 1 aromatic heterocycles. The van der Waals surface area contributed by atoms with Crippen LogP contribution in [-0.2, 0) is 19.4 Å². The van der Waals surface area contributed by atoms with Crippen LogP contribution >= 0.6 is 11.3 Å². The van der Waals surface area contributed by atoms with Crippen molar-refractivity contribution in [3.8, 4) is 0 Å². The van der Waals surface area contributed by atoms with E-state index >= 15 is 0 Å². The lowest BCUT2D eigenvalue weighted by Gasteiger charge is -2.09. The van der Waals surface area contributed by atoms with Gasteiger partial charge in [-0.1, -0.05) is 29.8 Å². The molecule has 2 aromatic rings. The Bertz CT molecular complexity index is 507. The van der Waals surface area contributed by atoms with Crippen molar-refractivity contribution >= 4 is 11.3 Å². The number of aryl methyl sites for hydroxylation is 1. The van der Waals surface area contributed by atoms with Gasteiger partial charge in [0.1, 0.15) is 0 Å². The van der Waals surface area contributed by atoms with Gasteiger partial charge >= 0.3 is 0 Å². The monoisotopic (exact) mass is 244 g/mol. The molecule has 88 valence electrons. The number of thiazole rings is 1. The summed E-state index contributed by atoms with van der Waals surface area (Å²) in [6, 6.07) is 8.70. The zero-order valence-electron chi connectivity index (χ0n) is 9.99. The predicted octanol–water partition coefficient (Wildman–Crippen LogP) is 2.69. The van der Waals surface area contributed by atoms with Gasteiger partial charge in [0.15, 0.2) is 0 Å². The van der Waals surface area contributed by atoms with Gasteiger partial charge in [0.2, 0.25) is 0 Å². The standard InChI is InChI=1S/C14H16N2S/c1-10-3-2-4-11(7-10)8-14-16-12-5-6-15-9-13(12)17-14/h2-4,7,15H,5-6,8-9H2,1H3. The van der Waals surface area contributed by atoms with Crippen LogP contribution in [0.5, 0.6) is 0 Å². The van der Waals surface area contributed by atoms with Crippen molar-refractivity contribution in [3.63, 3.8) is 0 Å². The molecular formula is C14H16N2S. The number of benzene rings is 1. The molecular weight excluding hydrogens is 228 g/mol. The predicted molar refractivity (Wildman–Crippen MR) is 71.5 cm³/mol. The van der Waals surface area contributed by atoms with Gasteiger partial charge in [-0.3, -0.25) is 0 Å². The Kier molecular flexibility index (Phi) is 2.95. The van der Waals surface area contributed by atoms with Gasteiger partial charge in [-0.2, -0.15) is 0 Å². The van der Waals surface area contributed by atoms with Crippen LogP contribution in [-0.4, -0.2) is 11.5 Å². The van der Waals surface area contributed by atoms with Crippen LogP contribution in [0.2, 0.25) is 0 Å². The second-order valence-corrected chi connectivity index (χ2v) is 5.74. The Morgan fingerprint density at radius 3 is 3.18 bits per heavy atom. The van der Waals surface area contributed by atoms with Crippen LogP contribution in [0.4, 0.5) is 0 Å². The lowest BCUT2D eigenvalue weighted by Crippen LogP contribution is -2.22. The quantitative estimate of drug-likeness (QED) is 0.878. The Hall–Kier alpha value is -1.19. The maximum atomic E-state index is 4.75. The molecule has 0 radical (unpaired) electrons. The molecule has 3 heteroatoms. The van der Waals surface area contributed by atoms with Crippen LogP contribution in [0.3, 0.4) is 0 Å². The minimum absolute atomic E-state index is 0.972. The maximum Gasteiger partial charge on any atom is 0.0975 e. The Morgan fingerprint density at radius 1 is 1.41 bits per heavy atom. The van der Waals surface area contributed by atoms with Gasteiger partial charge in [-0.15, -0.1) is 11.3 Å². The molecule has 0 saturated carbocycles. The topological polar surface area (TPSA) is 24.9 Å². The van der Waals surface area contributed by atoms with E-state index in [1.165, 1.54) is 26.7 Å². The molecule has 0 aliphatic carbocycles. The van der Waals surface area contributed by atoms with Gasteiger partial charge in [0, 0.05) is 30.8 Å². The highest BCUT2D eigenvalue weighted by Gasteiger charge is 2.14. The van der Waals surface area contributed by atoms with Gasteiger partial charge in [-0.25, -0.2) is 4.98 Å². The van der Waals surface area contributed by atoms with Crippen molar-refractivity contribution in [2.24, 2.45) is 0 Å². The summed E-state index contributed by atoms with van der Waals surface area (Å²) >= 11 is 1.86. The summed E-state index contributed by atoms with van der Waals surface area (Å²) in [7, 11) is 0. The third kappa shape index (κ3) is 2.40. The van der Waals surface area contributed by atoms with E-state index < -0.39 is 0 Å². The Balaban J connectivity index is 1.83. The highest BCUT2D eigenvalue weighted by atomic mass is 32.1. The molecule has 0 fully saturated rings. The summed E-state index contributed by atoms with van der Waals surface area (Å²) in [5, 5.41) is 4.65. The molecule has 1 N–H and O–H groups in total. The number of rotatable bonds is 2. The van der Waals surface area contributed by atoms with Crippen molar-refractivity contribution in [3.05, 3.63) is 51.0 Å². The van der Waals surface area contributed by atoms with Crippen LogP contribution in [0.15, 0.2) is 24.3 Å². The average Bonchev–Trinajstić information content (AvgIpc) is 2.71. The lowest BCUT2D eigenvalue weighted by molar-refractivity contribution is 0.643. The zero-order chi connectivity index (χ0) is 11.7. The summed E-state index contributed by atoms with van der Waals surface area (Å²) in [6.07, 6.45) is 2.05. The molecule has 1 aliphatic heterocycles. The fourth-order valence-corrected chi connectivity index (χ4v) is 3.37. The first-order chi connectivity index (χ1) is 8.31. The van der Waals surface area contributed by atoms with Gasteiger partial charge in [-0.05, 0) is 12.5 Å². The molecule has 1 aliphatic rings. The molecule has 0 amide bonds. The van der Waals surface area contributed by atoms with Crippen molar-refractivity contribution in [1.29, 1.82) is 0 Å². The van der Waals surface area contributed by atoms with Crippen molar-refractivity contribution in [2.45, 2.75) is 26.3 Å². The minimum atomic E-state index is 0.972. The Labute approximate surface area is 106 Å². The third-order valence-electron chi connectivity index (χ3n) is 3.08. The van der Waals surface area contributed by atoms with Crippen molar-refractivity contribution < 1.29 is 0 Å². The van der Waals surface area contributed by atoms with Crippen molar-refractivity contribution in [1.82, 2.24) is 10.3 Å². The first kappa shape index (κ1) is 10.9. The largest absolute Gasteiger partial charge is 0.311 e.